The third-order valence-electron chi connectivity index (χ3n) is 2.31. The first-order valence-electron chi connectivity index (χ1n) is 3.99. The van der Waals surface area contributed by atoms with E-state index in [4.69, 9.17) is 0 Å². The van der Waals surface area contributed by atoms with Gasteiger partial charge in [-0.25, -0.2) is 0 Å². The fraction of sp³-hybridized carbons (Fsp3) is 0.500. The zero-order valence-electron chi connectivity index (χ0n) is 7.77. The number of aliphatic hydroxyl groups excluding tert-OH is 1. The normalized spacial score (nSPS) is 23.2. The van der Waals surface area contributed by atoms with Crippen LogP contribution in [0.5, 0.6) is 0 Å². The molecule has 0 fully saturated rings. The first kappa shape index (κ1) is 9.04. The minimum atomic E-state index is -0.324. The molecule has 2 nitrogen and oxygen atoms in total. The number of Topliss-reactive ketones (excluding diaryl/α,β-unsaturated/α-hetero) is 1. The summed E-state index contributed by atoms with van der Waals surface area (Å²) in [5.41, 5.74) is 0.710. The molecule has 0 aromatic rings. The summed E-state index contributed by atoms with van der Waals surface area (Å²) < 4.78 is 0. The van der Waals surface area contributed by atoms with Crippen molar-refractivity contribution >= 4 is 5.78 Å². The van der Waals surface area contributed by atoms with Crippen LogP contribution in [-0.2, 0) is 4.79 Å². The van der Waals surface area contributed by atoms with Crippen molar-refractivity contribution in [3.63, 3.8) is 0 Å². The second kappa shape index (κ2) is 2.47. The maximum atomic E-state index is 11.3. The number of rotatable bonds is 0. The topological polar surface area (TPSA) is 37.3 Å². The van der Waals surface area contributed by atoms with E-state index in [0.29, 0.717) is 17.6 Å². The standard InChI is InChI=1S/C10H14O2/c1-6-5-10(3,4)9(12)7(2)8(6)11/h12H,1,5H2,2-4H3. The molecule has 0 heterocycles. The molecule has 0 radical (unpaired) electrons. The SMILES string of the molecule is C=C1CC(C)(C)C(O)=C(C)C1=O. The van der Waals surface area contributed by atoms with Crippen molar-refractivity contribution in [2.24, 2.45) is 5.41 Å². The molecule has 2 heteroatoms. The molecule has 0 amide bonds. The Hall–Kier alpha value is -1.05. The molecule has 0 aliphatic heterocycles. The molecule has 0 saturated heterocycles. The predicted molar refractivity (Wildman–Crippen MR) is 47.9 cm³/mol. The second-order valence-corrected chi connectivity index (χ2v) is 3.97. The average molecular weight is 166 g/mol. The van der Waals surface area contributed by atoms with Crippen LogP contribution < -0.4 is 0 Å². The molecule has 12 heavy (non-hydrogen) atoms. The van der Waals surface area contributed by atoms with E-state index in [1.807, 2.05) is 13.8 Å². The fourth-order valence-electron chi connectivity index (χ4n) is 1.58. The Balaban J connectivity index is 3.22. The van der Waals surface area contributed by atoms with Crippen molar-refractivity contribution in [3.05, 3.63) is 23.5 Å². The second-order valence-electron chi connectivity index (χ2n) is 3.97. The van der Waals surface area contributed by atoms with Crippen LogP contribution in [0.3, 0.4) is 0 Å². The fourth-order valence-corrected chi connectivity index (χ4v) is 1.58. The summed E-state index contributed by atoms with van der Waals surface area (Å²) >= 11 is 0. The highest BCUT2D eigenvalue weighted by Gasteiger charge is 2.34. The Labute approximate surface area is 72.6 Å². The average Bonchev–Trinajstić information content (AvgIpc) is 1.97. The van der Waals surface area contributed by atoms with Crippen LogP contribution >= 0.6 is 0 Å². The van der Waals surface area contributed by atoms with E-state index in [-0.39, 0.29) is 17.0 Å². The van der Waals surface area contributed by atoms with Crippen molar-refractivity contribution in [1.29, 1.82) is 0 Å². The Morgan fingerprint density at radius 1 is 1.50 bits per heavy atom. The smallest absolute Gasteiger partial charge is 0.187 e. The summed E-state index contributed by atoms with van der Waals surface area (Å²) in [4.78, 5) is 11.3. The zero-order valence-corrected chi connectivity index (χ0v) is 7.77. The number of carbonyl (C=O) groups excluding carboxylic acids is 1. The van der Waals surface area contributed by atoms with E-state index in [1.165, 1.54) is 0 Å². The van der Waals surface area contributed by atoms with E-state index >= 15 is 0 Å². The lowest BCUT2D eigenvalue weighted by Crippen LogP contribution is -2.26. The van der Waals surface area contributed by atoms with E-state index in [9.17, 15) is 9.90 Å². The molecule has 0 unspecified atom stereocenters. The summed E-state index contributed by atoms with van der Waals surface area (Å²) in [6, 6.07) is 0. The predicted octanol–water partition coefficient (Wildman–Crippen LogP) is 2.37. The van der Waals surface area contributed by atoms with Gasteiger partial charge in [-0.05, 0) is 18.9 Å². The molecule has 66 valence electrons. The summed E-state index contributed by atoms with van der Waals surface area (Å²) in [6.45, 7) is 9.14. The maximum absolute atomic E-state index is 11.3. The lowest BCUT2D eigenvalue weighted by atomic mass is 9.75. The van der Waals surface area contributed by atoms with Gasteiger partial charge in [0.1, 0.15) is 5.76 Å². The third-order valence-corrected chi connectivity index (χ3v) is 2.31. The minimum Gasteiger partial charge on any atom is -0.511 e. The number of ketones is 1. The molecule has 1 N–H and O–H groups in total. The summed E-state index contributed by atoms with van der Waals surface area (Å²) in [7, 11) is 0. The van der Waals surface area contributed by atoms with Gasteiger partial charge in [0.05, 0.1) is 0 Å². The van der Waals surface area contributed by atoms with Crippen molar-refractivity contribution in [1.82, 2.24) is 0 Å². The monoisotopic (exact) mass is 166 g/mol. The van der Waals surface area contributed by atoms with Crippen LogP contribution in [0, 0.1) is 5.41 Å². The number of hydrogen-bond acceptors (Lipinski definition) is 2. The van der Waals surface area contributed by atoms with Crippen LogP contribution in [0.4, 0.5) is 0 Å². The highest BCUT2D eigenvalue weighted by Crippen LogP contribution is 2.38. The lowest BCUT2D eigenvalue weighted by molar-refractivity contribution is -0.113. The van der Waals surface area contributed by atoms with Crippen LogP contribution in [0.1, 0.15) is 27.2 Å². The first-order valence-corrected chi connectivity index (χ1v) is 3.99. The van der Waals surface area contributed by atoms with Crippen LogP contribution in [0.25, 0.3) is 0 Å². The van der Waals surface area contributed by atoms with Crippen LogP contribution in [-0.4, -0.2) is 10.9 Å². The molecular formula is C10H14O2. The van der Waals surface area contributed by atoms with E-state index in [2.05, 4.69) is 6.58 Å². The van der Waals surface area contributed by atoms with Gasteiger partial charge < -0.3 is 5.11 Å². The van der Waals surface area contributed by atoms with Crippen LogP contribution in [0.2, 0.25) is 0 Å². The number of allylic oxidation sites excluding steroid dienone is 3. The van der Waals surface area contributed by atoms with Gasteiger partial charge in [-0.1, -0.05) is 20.4 Å². The summed E-state index contributed by atoms with van der Waals surface area (Å²) in [5.74, 6) is 0.103. The zero-order chi connectivity index (χ0) is 9.52. The van der Waals surface area contributed by atoms with Gasteiger partial charge in [0.25, 0.3) is 0 Å². The quantitative estimate of drug-likeness (QED) is 0.561. The molecule has 0 aromatic heterocycles. The van der Waals surface area contributed by atoms with Gasteiger partial charge in [0, 0.05) is 11.0 Å². The molecule has 0 atom stereocenters. The number of hydrogen-bond donors (Lipinski definition) is 1. The number of aliphatic hydroxyl groups is 1. The highest BCUT2D eigenvalue weighted by atomic mass is 16.3. The maximum Gasteiger partial charge on any atom is 0.187 e. The Bertz CT molecular complexity index is 282. The largest absolute Gasteiger partial charge is 0.511 e. The van der Waals surface area contributed by atoms with Gasteiger partial charge in [0.15, 0.2) is 5.78 Å². The Morgan fingerprint density at radius 3 is 2.50 bits per heavy atom. The lowest BCUT2D eigenvalue weighted by Gasteiger charge is -2.30. The van der Waals surface area contributed by atoms with E-state index in [0.717, 1.165) is 0 Å². The first-order chi connectivity index (χ1) is 5.36. The van der Waals surface area contributed by atoms with E-state index in [1.54, 1.807) is 6.92 Å². The third kappa shape index (κ3) is 1.17. The Morgan fingerprint density at radius 2 is 2.00 bits per heavy atom. The van der Waals surface area contributed by atoms with Gasteiger partial charge in [-0.15, -0.1) is 0 Å². The molecular weight excluding hydrogens is 152 g/mol. The van der Waals surface area contributed by atoms with Crippen molar-refractivity contribution in [2.45, 2.75) is 27.2 Å². The van der Waals surface area contributed by atoms with Crippen molar-refractivity contribution in [2.75, 3.05) is 0 Å². The van der Waals surface area contributed by atoms with Crippen LogP contribution in [0.15, 0.2) is 23.5 Å². The summed E-state index contributed by atoms with van der Waals surface area (Å²) in [5, 5.41) is 9.61. The molecule has 0 bridgehead atoms. The van der Waals surface area contributed by atoms with Gasteiger partial charge in [-0.3, -0.25) is 4.79 Å². The van der Waals surface area contributed by atoms with Crippen molar-refractivity contribution in [3.8, 4) is 0 Å². The molecule has 1 rings (SSSR count). The molecule has 0 spiro atoms. The minimum absolute atomic E-state index is 0.105. The van der Waals surface area contributed by atoms with Gasteiger partial charge in [0.2, 0.25) is 0 Å². The van der Waals surface area contributed by atoms with E-state index < -0.39 is 0 Å². The molecule has 0 aromatic carbocycles. The van der Waals surface area contributed by atoms with Gasteiger partial charge in [-0.2, -0.15) is 0 Å². The highest BCUT2D eigenvalue weighted by molar-refractivity contribution is 6.08. The Kier molecular flexibility index (Phi) is 1.86. The summed E-state index contributed by atoms with van der Waals surface area (Å²) in [6.07, 6.45) is 0.551. The van der Waals surface area contributed by atoms with Crippen molar-refractivity contribution < 1.29 is 9.90 Å². The van der Waals surface area contributed by atoms with Gasteiger partial charge >= 0.3 is 0 Å². The molecule has 0 saturated carbocycles. The molecule has 1 aliphatic rings. The number of carbonyl (C=O) groups is 1. The molecule has 1 aliphatic carbocycles.